The van der Waals surface area contributed by atoms with Gasteiger partial charge in [-0.05, 0) is 35.6 Å². The minimum atomic E-state index is -0.987. The van der Waals surface area contributed by atoms with E-state index >= 15 is 0 Å². The van der Waals surface area contributed by atoms with Gasteiger partial charge in [0.15, 0.2) is 5.65 Å². The van der Waals surface area contributed by atoms with Crippen LogP contribution in [-0.2, 0) is 13.0 Å². The van der Waals surface area contributed by atoms with Gasteiger partial charge >= 0.3 is 5.69 Å². The SMILES string of the molecule is COc1cc(F)c([N+](=O)[O-])cc1Nc1nc(N2CCc3sccc3C2)c2cccnc2n1. The number of fused-ring (bicyclic) bond motifs is 2. The van der Waals surface area contributed by atoms with Crippen molar-refractivity contribution in [1.82, 2.24) is 15.0 Å². The second kappa shape index (κ2) is 8.00. The summed E-state index contributed by atoms with van der Waals surface area (Å²) in [5.74, 6) is -0.00104. The summed E-state index contributed by atoms with van der Waals surface area (Å²) in [5, 5.41) is 17.0. The Morgan fingerprint density at radius 3 is 3.00 bits per heavy atom. The van der Waals surface area contributed by atoms with Crippen LogP contribution >= 0.6 is 11.3 Å². The highest BCUT2D eigenvalue weighted by molar-refractivity contribution is 7.10. The van der Waals surface area contributed by atoms with Gasteiger partial charge in [0.05, 0.1) is 23.1 Å². The Labute approximate surface area is 185 Å². The van der Waals surface area contributed by atoms with Crippen molar-refractivity contribution >= 4 is 45.5 Å². The molecule has 0 fully saturated rings. The summed E-state index contributed by atoms with van der Waals surface area (Å²) in [7, 11) is 1.35. The van der Waals surface area contributed by atoms with Gasteiger partial charge in [0.1, 0.15) is 11.6 Å². The predicted octanol–water partition coefficient (Wildman–Crippen LogP) is 4.45. The molecule has 1 aliphatic rings. The van der Waals surface area contributed by atoms with Crippen LogP contribution in [0.5, 0.6) is 5.75 Å². The number of nitrogens with one attached hydrogen (secondary N) is 1. The van der Waals surface area contributed by atoms with Crippen molar-refractivity contribution in [3.8, 4) is 5.75 Å². The van der Waals surface area contributed by atoms with E-state index in [-0.39, 0.29) is 17.4 Å². The molecule has 4 heterocycles. The van der Waals surface area contributed by atoms with Gasteiger partial charge < -0.3 is 15.0 Å². The highest BCUT2D eigenvalue weighted by atomic mass is 32.1. The van der Waals surface area contributed by atoms with Gasteiger partial charge in [0.25, 0.3) is 0 Å². The first kappa shape index (κ1) is 20.1. The number of benzene rings is 1. The maximum atomic E-state index is 14.0. The fourth-order valence-electron chi connectivity index (χ4n) is 3.74. The minimum absolute atomic E-state index is 0.0975. The Hall–Kier alpha value is -3.86. The Morgan fingerprint density at radius 1 is 1.31 bits per heavy atom. The van der Waals surface area contributed by atoms with Gasteiger partial charge in [-0.1, -0.05) is 0 Å². The number of thiophene rings is 1. The second-order valence-corrected chi connectivity index (χ2v) is 8.17. The lowest BCUT2D eigenvalue weighted by atomic mass is 10.1. The third-order valence-electron chi connectivity index (χ3n) is 5.27. The zero-order valence-electron chi connectivity index (χ0n) is 16.9. The van der Waals surface area contributed by atoms with E-state index in [1.54, 1.807) is 17.5 Å². The number of nitro groups is 1. The van der Waals surface area contributed by atoms with E-state index < -0.39 is 16.4 Å². The van der Waals surface area contributed by atoms with Crippen LogP contribution in [0.4, 0.5) is 27.5 Å². The molecule has 0 atom stereocenters. The molecule has 0 aliphatic carbocycles. The first-order chi connectivity index (χ1) is 15.5. The summed E-state index contributed by atoms with van der Waals surface area (Å²) in [4.78, 5) is 27.4. The van der Waals surface area contributed by atoms with Gasteiger partial charge in [-0.2, -0.15) is 14.4 Å². The van der Waals surface area contributed by atoms with Crippen molar-refractivity contribution in [3.63, 3.8) is 0 Å². The number of nitro benzene ring substituents is 1. The van der Waals surface area contributed by atoms with Crippen molar-refractivity contribution in [2.45, 2.75) is 13.0 Å². The molecule has 0 unspecified atom stereocenters. The lowest BCUT2D eigenvalue weighted by Gasteiger charge is -2.29. The summed E-state index contributed by atoms with van der Waals surface area (Å²) in [5.41, 5.74) is 1.25. The number of aromatic nitrogens is 3. The zero-order chi connectivity index (χ0) is 22.2. The highest BCUT2D eigenvalue weighted by Gasteiger charge is 2.23. The summed E-state index contributed by atoms with van der Waals surface area (Å²) in [6.45, 7) is 1.50. The molecule has 32 heavy (non-hydrogen) atoms. The molecule has 0 saturated heterocycles. The number of pyridine rings is 1. The van der Waals surface area contributed by atoms with Gasteiger partial charge in [-0.15, -0.1) is 11.3 Å². The molecular weight excluding hydrogens is 435 g/mol. The van der Waals surface area contributed by atoms with Crippen LogP contribution in [0, 0.1) is 15.9 Å². The van der Waals surface area contributed by atoms with Crippen LogP contribution in [0.2, 0.25) is 0 Å². The second-order valence-electron chi connectivity index (χ2n) is 7.17. The fourth-order valence-corrected chi connectivity index (χ4v) is 4.63. The van der Waals surface area contributed by atoms with Crippen LogP contribution in [-0.4, -0.2) is 33.5 Å². The van der Waals surface area contributed by atoms with Crippen molar-refractivity contribution < 1.29 is 14.1 Å². The molecule has 9 nitrogen and oxygen atoms in total. The Bertz CT molecular complexity index is 1340. The van der Waals surface area contributed by atoms with E-state index in [9.17, 15) is 14.5 Å². The highest BCUT2D eigenvalue weighted by Crippen LogP contribution is 2.35. The average molecular weight is 452 g/mol. The zero-order valence-corrected chi connectivity index (χ0v) is 17.7. The largest absolute Gasteiger partial charge is 0.494 e. The van der Waals surface area contributed by atoms with E-state index in [1.807, 2.05) is 12.1 Å². The lowest BCUT2D eigenvalue weighted by Crippen LogP contribution is -2.30. The third-order valence-corrected chi connectivity index (χ3v) is 6.29. The molecule has 162 valence electrons. The van der Waals surface area contributed by atoms with Crippen LogP contribution in [0.15, 0.2) is 41.9 Å². The molecule has 0 spiro atoms. The smallest absolute Gasteiger partial charge is 0.307 e. The normalized spacial score (nSPS) is 13.1. The minimum Gasteiger partial charge on any atom is -0.494 e. The summed E-state index contributed by atoms with van der Waals surface area (Å²) in [6, 6.07) is 7.89. The molecule has 1 aromatic carbocycles. The molecule has 11 heteroatoms. The Kier molecular flexibility index (Phi) is 5.02. The number of halogens is 1. The third kappa shape index (κ3) is 3.56. The molecule has 4 aromatic rings. The summed E-state index contributed by atoms with van der Waals surface area (Å²) >= 11 is 1.76. The van der Waals surface area contributed by atoms with Crippen LogP contribution in [0.25, 0.3) is 11.0 Å². The fraction of sp³-hybridized carbons (Fsp3) is 0.190. The van der Waals surface area contributed by atoms with E-state index in [2.05, 4.69) is 31.6 Å². The quantitative estimate of drug-likeness (QED) is 0.350. The average Bonchev–Trinajstić information content (AvgIpc) is 3.27. The molecule has 1 aliphatic heterocycles. The number of rotatable bonds is 5. The summed E-state index contributed by atoms with van der Waals surface area (Å²) < 4.78 is 19.2. The van der Waals surface area contributed by atoms with Gasteiger partial charge in [-0.3, -0.25) is 10.1 Å². The summed E-state index contributed by atoms with van der Waals surface area (Å²) in [6.07, 6.45) is 2.55. The number of anilines is 3. The van der Waals surface area contributed by atoms with Crippen molar-refractivity contribution in [2.75, 3.05) is 23.9 Å². The first-order valence-electron chi connectivity index (χ1n) is 9.75. The molecule has 0 radical (unpaired) electrons. The molecular formula is C21H17FN6O3S. The number of hydrogen-bond donors (Lipinski definition) is 1. The van der Waals surface area contributed by atoms with E-state index in [0.29, 0.717) is 18.0 Å². The standard InChI is InChI=1S/C21H17FN6O3S/c1-31-17-9-14(22)16(28(29)30)10-15(17)24-21-25-19-13(3-2-6-23-19)20(26-21)27-7-4-18-12(11-27)5-8-32-18/h2-3,5-6,8-10H,4,7,11H2,1H3,(H,23,24,25,26). The molecule has 0 bridgehead atoms. The van der Waals surface area contributed by atoms with Crippen LogP contribution < -0.4 is 15.0 Å². The maximum absolute atomic E-state index is 14.0. The van der Waals surface area contributed by atoms with E-state index in [4.69, 9.17) is 9.72 Å². The van der Waals surface area contributed by atoms with Gasteiger partial charge in [-0.25, -0.2) is 4.98 Å². The predicted molar refractivity (Wildman–Crippen MR) is 119 cm³/mol. The first-order valence-corrected chi connectivity index (χ1v) is 10.6. The van der Waals surface area contributed by atoms with Crippen LogP contribution in [0.3, 0.4) is 0 Å². The van der Waals surface area contributed by atoms with Gasteiger partial charge in [0, 0.05) is 36.3 Å². The Balaban J connectivity index is 1.58. The van der Waals surface area contributed by atoms with Gasteiger partial charge in [0.2, 0.25) is 11.8 Å². The maximum Gasteiger partial charge on any atom is 0.307 e. The Morgan fingerprint density at radius 2 is 2.19 bits per heavy atom. The molecule has 5 rings (SSSR count). The van der Waals surface area contributed by atoms with Crippen LogP contribution in [0.1, 0.15) is 10.4 Å². The van der Waals surface area contributed by atoms with E-state index in [1.165, 1.54) is 17.6 Å². The van der Waals surface area contributed by atoms with Crippen molar-refractivity contribution in [2.24, 2.45) is 0 Å². The molecule has 3 aromatic heterocycles. The number of ether oxygens (including phenoxy) is 1. The number of nitrogens with zero attached hydrogens (tertiary/aromatic N) is 5. The van der Waals surface area contributed by atoms with Crippen molar-refractivity contribution in [3.05, 3.63) is 68.3 Å². The molecule has 0 amide bonds. The number of hydrogen-bond acceptors (Lipinski definition) is 9. The van der Waals surface area contributed by atoms with Crippen molar-refractivity contribution in [1.29, 1.82) is 0 Å². The molecule has 0 saturated carbocycles. The topological polar surface area (TPSA) is 106 Å². The number of methoxy groups -OCH3 is 1. The molecule has 1 N–H and O–H groups in total. The van der Waals surface area contributed by atoms with E-state index in [0.717, 1.165) is 30.5 Å². The monoisotopic (exact) mass is 452 g/mol. The lowest BCUT2D eigenvalue weighted by molar-refractivity contribution is -0.387.